The normalized spacial score (nSPS) is 11.0. The summed E-state index contributed by atoms with van der Waals surface area (Å²) in [6.45, 7) is 0. The number of nitriles is 1. The summed E-state index contributed by atoms with van der Waals surface area (Å²) >= 11 is 7.53. The van der Waals surface area contributed by atoms with Crippen LogP contribution in [0.5, 0.6) is 0 Å². The largest absolute Gasteiger partial charge is 0.359 e. The Morgan fingerprint density at radius 1 is 1.13 bits per heavy atom. The summed E-state index contributed by atoms with van der Waals surface area (Å²) in [5, 5.41) is 15.7. The predicted molar refractivity (Wildman–Crippen MR) is 96.2 cm³/mol. The first-order valence-electron chi connectivity index (χ1n) is 6.90. The number of nitrogens with zero attached hydrogens (tertiary/aromatic N) is 2. The number of benzene rings is 2. The van der Waals surface area contributed by atoms with Crippen LogP contribution in [-0.2, 0) is 0 Å². The van der Waals surface area contributed by atoms with Gasteiger partial charge in [-0.25, -0.2) is 4.98 Å². The highest BCUT2D eigenvalue weighted by molar-refractivity contribution is 7.11. The van der Waals surface area contributed by atoms with E-state index in [0.29, 0.717) is 15.6 Å². The van der Waals surface area contributed by atoms with Gasteiger partial charge in [-0.2, -0.15) is 5.26 Å². The zero-order valence-electron chi connectivity index (χ0n) is 12.0. The molecule has 0 aliphatic rings. The molecule has 23 heavy (non-hydrogen) atoms. The van der Waals surface area contributed by atoms with Crippen molar-refractivity contribution >= 4 is 34.2 Å². The maximum atomic E-state index is 9.38. The van der Waals surface area contributed by atoms with E-state index in [0.717, 1.165) is 16.9 Å². The molecule has 0 aliphatic carbocycles. The molecule has 0 unspecified atom stereocenters. The van der Waals surface area contributed by atoms with Crippen LogP contribution < -0.4 is 5.32 Å². The number of aromatic nitrogens is 1. The molecule has 0 spiro atoms. The van der Waals surface area contributed by atoms with Gasteiger partial charge in [0.15, 0.2) is 0 Å². The van der Waals surface area contributed by atoms with Crippen LogP contribution in [0, 0.1) is 11.3 Å². The Balaban J connectivity index is 1.85. The second-order valence-corrected chi connectivity index (χ2v) is 5.96. The Bertz CT molecular complexity index is 879. The Morgan fingerprint density at radius 3 is 2.61 bits per heavy atom. The van der Waals surface area contributed by atoms with E-state index in [2.05, 4.69) is 16.4 Å². The molecule has 3 aromatic rings. The molecule has 112 valence electrons. The highest BCUT2D eigenvalue weighted by atomic mass is 35.5. The van der Waals surface area contributed by atoms with E-state index in [-0.39, 0.29) is 0 Å². The second kappa shape index (κ2) is 7.10. The Kier molecular flexibility index (Phi) is 4.72. The van der Waals surface area contributed by atoms with Gasteiger partial charge in [0.1, 0.15) is 16.6 Å². The van der Waals surface area contributed by atoms with E-state index < -0.39 is 0 Å². The quantitative estimate of drug-likeness (QED) is 0.645. The number of allylic oxidation sites excluding steroid dienone is 1. The van der Waals surface area contributed by atoms with Crippen molar-refractivity contribution < 1.29 is 0 Å². The van der Waals surface area contributed by atoms with Gasteiger partial charge in [0.05, 0.1) is 16.4 Å². The maximum Gasteiger partial charge on any atom is 0.136 e. The number of halogens is 1. The topological polar surface area (TPSA) is 48.7 Å². The molecule has 0 aliphatic heterocycles. The molecule has 0 bridgehead atoms. The number of para-hydroxylation sites is 1. The van der Waals surface area contributed by atoms with Crippen molar-refractivity contribution in [2.75, 3.05) is 5.32 Å². The van der Waals surface area contributed by atoms with Crippen molar-refractivity contribution in [3.8, 4) is 17.3 Å². The van der Waals surface area contributed by atoms with Crippen LogP contribution in [-0.4, -0.2) is 4.98 Å². The van der Waals surface area contributed by atoms with E-state index in [1.165, 1.54) is 11.3 Å². The van der Waals surface area contributed by atoms with Gasteiger partial charge in [0.2, 0.25) is 0 Å². The van der Waals surface area contributed by atoms with Crippen molar-refractivity contribution in [3.63, 3.8) is 0 Å². The van der Waals surface area contributed by atoms with Gasteiger partial charge in [-0.1, -0.05) is 54.1 Å². The van der Waals surface area contributed by atoms with Crippen LogP contribution in [0.2, 0.25) is 5.02 Å². The summed E-state index contributed by atoms with van der Waals surface area (Å²) in [6.07, 6.45) is 1.63. The number of hydrogen-bond acceptors (Lipinski definition) is 4. The SMILES string of the molecule is N#C/C(=C\Nc1ccccc1Cl)c1nc(-c2ccccc2)cs1. The molecule has 3 rings (SSSR count). The van der Waals surface area contributed by atoms with E-state index >= 15 is 0 Å². The number of rotatable bonds is 4. The van der Waals surface area contributed by atoms with Gasteiger partial charge < -0.3 is 5.32 Å². The summed E-state index contributed by atoms with van der Waals surface area (Å²) in [4.78, 5) is 4.54. The first-order chi connectivity index (χ1) is 11.3. The summed E-state index contributed by atoms with van der Waals surface area (Å²) in [5.74, 6) is 0. The lowest BCUT2D eigenvalue weighted by atomic mass is 10.2. The minimum absolute atomic E-state index is 0.470. The predicted octanol–water partition coefficient (Wildman–Crippen LogP) is 5.44. The summed E-state index contributed by atoms with van der Waals surface area (Å²) in [6, 6.07) is 19.4. The summed E-state index contributed by atoms with van der Waals surface area (Å²) in [5.41, 5.74) is 3.12. The van der Waals surface area contributed by atoms with Crippen molar-refractivity contribution in [1.29, 1.82) is 5.26 Å². The molecule has 1 heterocycles. The Labute approximate surface area is 143 Å². The average molecular weight is 338 g/mol. The van der Waals surface area contributed by atoms with E-state index in [9.17, 15) is 5.26 Å². The first-order valence-corrected chi connectivity index (χ1v) is 8.16. The molecule has 0 radical (unpaired) electrons. The highest BCUT2D eigenvalue weighted by Gasteiger charge is 2.09. The third-order valence-electron chi connectivity index (χ3n) is 3.17. The van der Waals surface area contributed by atoms with Crippen molar-refractivity contribution in [3.05, 3.63) is 76.2 Å². The maximum absolute atomic E-state index is 9.38. The molecular weight excluding hydrogens is 326 g/mol. The third-order valence-corrected chi connectivity index (χ3v) is 4.38. The van der Waals surface area contributed by atoms with Gasteiger partial charge in [-0.05, 0) is 12.1 Å². The monoisotopic (exact) mass is 337 g/mol. The van der Waals surface area contributed by atoms with Crippen LogP contribution in [0.4, 0.5) is 5.69 Å². The van der Waals surface area contributed by atoms with Gasteiger partial charge in [-0.3, -0.25) is 0 Å². The fourth-order valence-electron chi connectivity index (χ4n) is 2.01. The van der Waals surface area contributed by atoms with Gasteiger partial charge in [-0.15, -0.1) is 11.3 Å². The number of thiazole rings is 1. The third kappa shape index (κ3) is 3.59. The molecule has 5 heteroatoms. The molecule has 3 nitrogen and oxygen atoms in total. The lowest BCUT2D eigenvalue weighted by molar-refractivity contribution is 1.36. The van der Waals surface area contributed by atoms with Crippen molar-refractivity contribution in [1.82, 2.24) is 4.98 Å². The van der Waals surface area contributed by atoms with Crippen molar-refractivity contribution in [2.24, 2.45) is 0 Å². The fourth-order valence-corrected chi connectivity index (χ4v) is 2.99. The van der Waals surface area contributed by atoms with Crippen LogP contribution >= 0.6 is 22.9 Å². The van der Waals surface area contributed by atoms with Crippen LogP contribution in [0.1, 0.15) is 5.01 Å². The molecule has 1 aromatic heterocycles. The molecular formula is C18H12ClN3S. The van der Waals surface area contributed by atoms with Gasteiger partial charge in [0, 0.05) is 17.1 Å². The lowest BCUT2D eigenvalue weighted by Gasteiger charge is -2.03. The number of hydrogen-bond donors (Lipinski definition) is 1. The fraction of sp³-hybridized carbons (Fsp3) is 0. The molecule has 0 saturated carbocycles. The zero-order chi connectivity index (χ0) is 16.1. The molecule has 0 fully saturated rings. The average Bonchev–Trinajstić information content (AvgIpc) is 3.08. The van der Waals surface area contributed by atoms with E-state index in [4.69, 9.17) is 11.6 Å². The minimum atomic E-state index is 0.470. The standard InChI is InChI=1S/C18H12ClN3S/c19-15-8-4-5-9-16(15)21-11-14(10-20)18-22-17(12-23-18)13-6-2-1-3-7-13/h1-9,11-12,21H/b14-11+. The molecule has 2 aromatic carbocycles. The number of nitrogens with one attached hydrogen (secondary N) is 1. The molecule has 1 N–H and O–H groups in total. The second-order valence-electron chi connectivity index (χ2n) is 4.70. The van der Waals surface area contributed by atoms with E-state index in [1.807, 2.05) is 53.9 Å². The van der Waals surface area contributed by atoms with Gasteiger partial charge >= 0.3 is 0 Å². The Morgan fingerprint density at radius 2 is 1.87 bits per heavy atom. The molecule has 0 saturated heterocycles. The number of anilines is 1. The van der Waals surface area contributed by atoms with E-state index in [1.54, 1.807) is 12.3 Å². The zero-order valence-corrected chi connectivity index (χ0v) is 13.6. The summed E-state index contributed by atoms with van der Waals surface area (Å²) < 4.78 is 0. The lowest BCUT2D eigenvalue weighted by Crippen LogP contribution is -1.91. The molecule has 0 atom stereocenters. The van der Waals surface area contributed by atoms with Gasteiger partial charge in [0.25, 0.3) is 0 Å². The minimum Gasteiger partial charge on any atom is -0.359 e. The summed E-state index contributed by atoms with van der Waals surface area (Å²) in [7, 11) is 0. The Hall–Kier alpha value is -2.61. The smallest absolute Gasteiger partial charge is 0.136 e. The van der Waals surface area contributed by atoms with Crippen molar-refractivity contribution in [2.45, 2.75) is 0 Å². The molecule has 0 amide bonds. The van der Waals surface area contributed by atoms with Crippen LogP contribution in [0.3, 0.4) is 0 Å². The van der Waals surface area contributed by atoms with Crippen LogP contribution in [0.15, 0.2) is 66.2 Å². The first kappa shape index (κ1) is 15.3. The highest BCUT2D eigenvalue weighted by Crippen LogP contribution is 2.26. The van der Waals surface area contributed by atoms with Crippen LogP contribution in [0.25, 0.3) is 16.8 Å².